The Kier molecular flexibility index (Phi) is 4.86. The Balaban J connectivity index is 2.24. The summed E-state index contributed by atoms with van der Waals surface area (Å²) >= 11 is 8.12. The normalized spacial score (nSPS) is 20.5. The molecule has 0 aromatic heterocycles. The van der Waals surface area contributed by atoms with Crippen molar-refractivity contribution in [1.29, 1.82) is 0 Å². The Morgan fingerprint density at radius 1 is 1.42 bits per heavy atom. The average Bonchev–Trinajstić information content (AvgIpc) is 2.39. The lowest BCUT2D eigenvalue weighted by Gasteiger charge is -2.35. The van der Waals surface area contributed by atoms with Crippen LogP contribution in [0.4, 0.5) is 8.78 Å². The third kappa shape index (κ3) is 3.30. The second-order valence-corrected chi connectivity index (χ2v) is 6.03. The van der Waals surface area contributed by atoms with Gasteiger partial charge < -0.3 is 5.73 Å². The summed E-state index contributed by atoms with van der Waals surface area (Å²) in [6.45, 7) is 0.951. The lowest BCUT2D eigenvalue weighted by Crippen LogP contribution is -2.46. The summed E-state index contributed by atoms with van der Waals surface area (Å²) in [7, 11) is 0. The van der Waals surface area contributed by atoms with Gasteiger partial charge in [0, 0.05) is 12.1 Å². The van der Waals surface area contributed by atoms with Crippen molar-refractivity contribution in [2.75, 3.05) is 6.54 Å². The first-order valence-electron chi connectivity index (χ1n) is 6.16. The molecule has 0 spiro atoms. The summed E-state index contributed by atoms with van der Waals surface area (Å²) in [5.74, 6) is -1.08. The van der Waals surface area contributed by atoms with Crippen LogP contribution < -0.4 is 5.73 Å². The zero-order chi connectivity index (χ0) is 14.0. The molecule has 6 heteroatoms. The minimum Gasteiger partial charge on any atom is -0.392 e. The van der Waals surface area contributed by atoms with Crippen molar-refractivity contribution in [2.45, 2.75) is 31.8 Å². The quantitative estimate of drug-likeness (QED) is 0.670. The number of thiocarbonyl (C=S) groups is 1. The molecule has 2 N–H and O–H groups in total. The SMILES string of the molecule is NC(=S)C1CCCCN1Cc1c(F)ccc(Br)c1F. The third-order valence-electron chi connectivity index (χ3n) is 3.44. The van der Waals surface area contributed by atoms with Gasteiger partial charge >= 0.3 is 0 Å². The lowest BCUT2D eigenvalue weighted by molar-refractivity contribution is 0.180. The Bertz CT molecular complexity index is 496. The van der Waals surface area contributed by atoms with Gasteiger partial charge in [-0.3, -0.25) is 4.90 Å². The van der Waals surface area contributed by atoms with Crippen molar-refractivity contribution in [3.63, 3.8) is 0 Å². The van der Waals surface area contributed by atoms with Gasteiger partial charge in [0.15, 0.2) is 0 Å². The fourth-order valence-corrected chi connectivity index (χ4v) is 3.06. The molecule has 0 aliphatic carbocycles. The first-order valence-corrected chi connectivity index (χ1v) is 7.36. The van der Waals surface area contributed by atoms with Crippen LogP contribution in [0.5, 0.6) is 0 Å². The van der Waals surface area contributed by atoms with E-state index >= 15 is 0 Å². The number of nitrogens with two attached hydrogens (primary N) is 1. The number of halogens is 3. The highest BCUT2D eigenvalue weighted by Crippen LogP contribution is 2.26. The first-order chi connectivity index (χ1) is 9.00. The summed E-state index contributed by atoms with van der Waals surface area (Å²) in [5, 5.41) is 0. The average molecular weight is 349 g/mol. The molecular weight excluding hydrogens is 334 g/mol. The van der Waals surface area contributed by atoms with E-state index in [1.165, 1.54) is 12.1 Å². The fraction of sp³-hybridized carbons (Fsp3) is 0.462. The van der Waals surface area contributed by atoms with Crippen LogP contribution in [-0.4, -0.2) is 22.5 Å². The van der Waals surface area contributed by atoms with E-state index in [0.717, 1.165) is 25.8 Å². The molecule has 2 rings (SSSR count). The van der Waals surface area contributed by atoms with Crippen molar-refractivity contribution < 1.29 is 8.78 Å². The van der Waals surface area contributed by atoms with Gasteiger partial charge in [-0.15, -0.1) is 0 Å². The molecule has 0 bridgehead atoms. The van der Waals surface area contributed by atoms with E-state index in [1.54, 1.807) is 0 Å². The summed E-state index contributed by atoms with van der Waals surface area (Å²) in [6, 6.07) is 2.57. The van der Waals surface area contributed by atoms with Gasteiger partial charge in [-0.05, 0) is 47.4 Å². The largest absolute Gasteiger partial charge is 0.392 e. The highest BCUT2D eigenvalue weighted by atomic mass is 79.9. The number of hydrogen-bond donors (Lipinski definition) is 1. The predicted molar refractivity (Wildman–Crippen MR) is 78.9 cm³/mol. The molecule has 1 aliphatic rings. The second kappa shape index (κ2) is 6.24. The van der Waals surface area contributed by atoms with Crippen molar-refractivity contribution >= 4 is 33.1 Å². The number of nitrogens with zero attached hydrogens (tertiary/aromatic N) is 1. The molecular formula is C13H15BrF2N2S. The predicted octanol–water partition coefficient (Wildman–Crippen LogP) is 3.37. The number of piperidine rings is 1. The fourth-order valence-electron chi connectivity index (χ4n) is 2.42. The molecule has 104 valence electrons. The molecule has 19 heavy (non-hydrogen) atoms. The molecule has 1 unspecified atom stereocenters. The van der Waals surface area contributed by atoms with Gasteiger partial charge in [-0.2, -0.15) is 0 Å². The lowest BCUT2D eigenvalue weighted by atomic mass is 10.0. The van der Waals surface area contributed by atoms with Crippen molar-refractivity contribution in [3.05, 3.63) is 33.8 Å². The summed E-state index contributed by atoms with van der Waals surface area (Å²) in [5.41, 5.74) is 5.78. The van der Waals surface area contributed by atoms with Crippen LogP contribution in [0.3, 0.4) is 0 Å². The molecule has 0 saturated carbocycles. The van der Waals surface area contributed by atoms with Crippen LogP contribution in [0.1, 0.15) is 24.8 Å². The van der Waals surface area contributed by atoms with E-state index < -0.39 is 11.6 Å². The van der Waals surface area contributed by atoms with E-state index in [1.807, 2.05) is 4.90 Å². The molecule has 2 nitrogen and oxygen atoms in total. The molecule has 1 aromatic rings. The molecule has 0 radical (unpaired) electrons. The van der Waals surface area contributed by atoms with Crippen LogP contribution in [-0.2, 0) is 6.54 Å². The molecule has 1 fully saturated rings. The van der Waals surface area contributed by atoms with E-state index in [0.29, 0.717) is 4.99 Å². The van der Waals surface area contributed by atoms with Gasteiger partial charge in [0.05, 0.1) is 15.5 Å². The van der Waals surface area contributed by atoms with E-state index in [2.05, 4.69) is 15.9 Å². The van der Waals surface area contributed by atoms with Crippen LogP contribution in [0.2, 0.25) is 0 Å². The van der Waals surface area contributed by atoms with Gasteiger partial charge in [0.1, 0.15) is 11.6 Å². The monoisotopic (exact) mass is 348 g/mol. The second-order valence-electron chi connectivity index (χ2n) is 4.71. The summed E-state index contributed by atoms with van der Waals surface area (Å²) in [6.07, 6.45) is 2.89. The maximum Gasteiger partial charge on any atom is 0.144 e. The molecule has 1 aliphatic heterocycles. The van der Waals surface area contributed by atoms with Gasteiger partial charge in [-0.1, -0.05) is 18.6 Å². The topological polar surface area (TPSA) is 29.3 Å². The number of hydrogen-bond acceptors (Lipinski definition) is 2. The van der Waals surface area contributed by atoms with Crippen molar-refractivity contribution in [3.8, 4) is 0 Å². The zero-order valence-electron chi connectivity index (χ0n) is 10.3. The Labute approximate surface area is 125 Å². The number of likely N-dealkylation sites (tertiary alicyclic amines) is 1. The van der Waals surface area contributed by atoms with Crippen LogP contribution in [0.25, 0.3) is 0 Å². The van der Waals surface area contributed by atoms with Crippen LogP contribution >= 0.6 is 28.1 Å². The highest BCUT2D eigenvalue weighted by molar-refractivity contribution is 9.10. The molecule has 1 heterocycles. The Morgan fingerprint density at radius 3 is 2.84 bits per heavy atom. The van der Waals surface area contributed by atoms with Crippen LogP contribution in [0.15, 0.2) is 16.6 Å². The summed E-state index contributed by atoms with van der Waals surface area (Å²) < 4.78 is 28.0. The standard InChI is InChI=1S/C13H15BrF2N2S/c14-9-4-5-10(15)8(12(9)16)7-18-6-2-1-3-11(18)13(17)19/h4-5,11H,1-3,6-7H2,(H2,17,19). The third-order valence-corrected chi connectivity index (χ3v) is 4.33. The van der Waals surface area contributed by atoms with Gasteiger partial charge in [0.25, 0.3) is 0 Å². The number of rotatable bonds is 3. The number of benzene rings is 1. The van der Waals surface area contributed by atoms with Crippen molar-refractivity contribution in [1.82, 2.24) is 4.90 Å². The Morgan fingerprint density at radius 2 is 2.16 bits per heavy atom. The summed E-state index contributed by atoms with van der Waals surface area (Å²) in [4.78, 5) is 2.36. The van der Waals surface area contributed by atoms with E-state index in [-0.39, 0.29) is 22.6 Å². The Hall–Kier alpha value is -0.590. The van der Waals surface area contributed by atoms with E-state index in [4.69, 9.17) is 18.0 Å². The smallest absolute Gasteiger partial charge is 0.144 e. The zero-order valence-corrected chi connectivity index (χ0v) is 12.7. The molecule has 1 atom stereocenters. The first kappa shape index (κ1) is 14.8. The molecule has 1 saturated heterocycles. The maximum atomic E-state index is 14.0. The molecule has 1 aromatic carbocycles. The highest BCUT2D eigenvalue weighted by Gasteiger charge is 2.26. The van der Waals surface area contributed by atoms with Gasteiger partial charge in [0.2, 0.25) is 0 Å². The minimum atomic E-state index is -0.549. The minimum absolute atomic E-state index is 0.0672. The van der Waals surface area contributed by atoms with Gasteiger partial charge in [-0.25, -0.2) is 8.78 Å². The molecule has 0 amide bonds. The maximum absolute atomic E-state index is 14.0. The van der Waals surface area contributed by atoms with E-state index in [9.17, 15) is 8.78 Å². The van der Waals surface area contributed by atoms with Crippen molar-refractivity contribution in [2.24, 2.45) is 5.73 Å². The van der Waals surface area contributed by atoms with Crippen LogP contribution in [0, 0.1) is 11.6 Å².